The van der Waals surface area contributed by atoms with Crippen LogP contribution < -0.4 is 0 Å². The van der Waals surface area contributed by atoms with Crippen molar-refractivity contribution < 1.29 is 35.7 Å². The lowest BCUT2D eigenvalue weighted by Gasteiger charge is -2.29. The van der Waals surface area contributed by atoms with E-state index in [1.807, 2.05) is 0 Å². The molecule has 1 amide bonds. The Hall–Kier alpha value is -3.72. The van der Waals surface area contributed by atoms with E-state index in [1.54, 1.807) is 71.9 Å². The number of ketones is 1. The quantitative estimate of drug-likeness (QED) is 0.340. The number of nitrogens with zero attached hydrogens (tertiary/aromatic N) is 2. The second-order valence-electron chi connectivity index (χ2n) is 12.1. The van der Waals surface area contributed by atoms with Crippen LogP contribution >= 0.6 is 0 Å². The summed E-state index contributed by atoms with van der Waals surface area (Å²) >= 11 is 0. The molecule has 0 radical (unpaired) electrons. The molecule has 5 rings (SSSR count). The van der Waals surface area contributed by atoms with Crippen molar-refractivity contribution in [3.8, 4) is 11.3 Å². The zero-order valence-electron chi connectivity index (χ0n) is 25.6. The number of amides is 1. The smallest absolute Gasteiger partial charge is 0.419 e. The molecule has 1 saturated heterocycles. The summed E-state index contributed by atoms with van der Waals surface area (Å²) in [7, 11) is 0. The highest BCUT2D eigenvalue weighted by atomic mass is 19.1. The lowest BCUT2D eigenvalue weighted by molar-refractivity contribution is 0.0222. The van der Waals surface area contributed by atoms with Gasteiger partial charge in [0.25, 0.3) is 0 Å². The van der Waals surface area contributed by atoms with E-state index in [4.69, 9.17) is 17.0 Å². The van der Waals surface area contributed by atoms with Gasteiger partial charge in [-0.25, -0.2) is 18.5 Å². The van der Waals surface area contributed by atoms with Crippen molar-refractivity contribution >= 4 is 28.9 Å². The van der Waals surface area contributed by atoms with Gasteiger partial charge in [0.05, 0.1) is 26.6 Å². The number of Topliss-reactive ketones (excluding diaryl/α,β-unsaturated/α-hetero) is 1. The Kier molecular flexibility index (Phi) is 6.34. The molecule has 1 atom stereocenters. The Morgan fingerprint density at radius 1 is 1.05 bits per heavy atom. The molecule has 2 aromatic carbocycles. The van der Waals surface area contributed by atoms with E-state index in [-0.39, 0.29) is 38.9 Å². The molecule has 0 N–H and O–H groups in total. The van der Waals surface area contributed by atoms with Crippen LogP contribution in [0.5, 0.6) is 0 Å². The summed E-state index contributed by atoms with van der Waals surface area (Å²) in [6, 6.07) is 8.53. The average molecular weight is 553 g/mol. The number of rotatable bonds is 2. The largest absolute Gasteiger partial charge is 0.444 e. The molecule has 8 nitrogen and oxygen atoms in total. The Morgan fingerprint density at radius 2 is 1.75 bits per heavy atom. The zero-order chi connectivity index (χ0) is 30.8. The highest BCUT2D eigenvalue weighted by Crippen LogP contribution is 2.41. The van der Waals surface area contributed by atoms with Gasteiger partial charge in [0.2, 0.25) is 0 Å². The standard InChI is InChI=1S/C31H35FN2O6/c1-30(2,3)39-28(36)33-14-8-11-23(33)19-13-12-18(15-22(19)32)27-21-16-38-17-25(35)20-9-7-10-24(26(20)21)34(27)29(37)40-31(4,5)6/h7,9-10,12-13,15,23H,8,11,14,16-17H2,1-6H3/t23-/m0/s1/i16D2. The first-order chi connectivity index (χ1) is 19.5. The van der Waals surface area contributed by atoms with Crippen molar-refractivity contribution in [2.75, 3.05) is 13.2 Å². The van der Waals surface area contributed by atoms with Crippen LogP contribution in [0.4, 0.5) is 14.0 Å². The van der Waals surface area contributed by atoms with E-state index in [9.17, 15) is 14.4 Å². The van der Waals surface area contributed by atoms with Gasteiger partial charge in [-0.2, -0.15) is 0 Å². The minimum atomic E-state index is -2.49. The van der Waals surface area contributed by atoms with E-state index >= 15 is 4.39 Å². The van der Waals surface area contributed by atoms with Crippen molar-refractivity contribution in [1.29, 1.82) is 0 Å². The minimum absolute atomic E-state index is 0.0206. The van der Waals surface area contributed by atoms with Crippen LogP contribution in [0.2, 0.25) is 0 Å². The van der Waals surface area contributed by atoms with E-state index in [1.165, 1.54) is 15.5 Å². The molecule has 0 unspecified atom stereocenters. The number of carbonyl (C=O) groups is 3. The molecular formula is C31H35FN2O6. The second-order valence-corrected chi connectivity index (χ2v) is 12.1. The van der Waals surface area contributed by atoms with Crippen molar-refractivity contribution in [2.24, 2.45) is 0 Å². The molecule has 2 aliphatic rings. The number of likely N-dealkylation sites (tertiary alicyclic amines) is 1. The molecule has 0 aliphatic carbocycles. The summed E-state index contributed by atoms with van der Waals surface area (Å²) in [6.07, 6.45) is -0.120. The van der Waals surface area contributed by atoms with Gasteiger partial charge in [0.15, 0.2) is 5.78 Å². The van der Waals surface area contributed by atoms with Crippen LogP contribution in [-0.2, 0) is 20.8 Å². The number of benzene rings is 2. The number of aromatic nitrogens is 1. The fraction of sp³-hybridized carbons (Fsp3) is 0.452. The van der Waals surface area contributed by atoms with Gasteiger partial charge in [-0.3, -0.25) is 4.79 Å². The zero-order valence-corrected chi connectivity index (χ0v) is 23.6. The Balaban J connectivity index is 1.70. The van der Waals surface area contributed by atoms with Crippen LogP contribution in [0.1, 0.15) is 84.7 Å². The summed E-state index contributed by atoms with van der Waals surface area (Å²) in [6.45, 7) is 7.84. The predicted octanol–water partition coefficient (Wildman–Crippen LogP) is 7.02. The molecule has 0 bridgehead atoms. The Bertz CT molecular complexity index is 1600. The molecule has 212 valence electrons. The van der Waals surface area contributed by atoms with Crippen LogP contribution in [0.3, 0.4) is 0 Å². The molecule has 1 aromatic heterocycles. The molecular weight excluding hydrogens is 515 g/mol. The molecule has 9 heteroatoms. The normalized spacial score (nSPS) is 19.7. The first kappa shape index (κ1) is 25.3. The highest BCUT2D eigenvalue weighted by molar-refractivity contribution is 6.13. The minimum Gasteiger partial charge on any atom is -0.444 e. The van der Waals surface area contributed by atoms with Crippen LogP contribution in [0, 0.1) is 5.82 Å². The Morgan fingerprint density at radius 3 is 2.42 bits per heavy atom. The predicted molar refractivity (Wildman–Crippen MR) is 148 cm³/mol. The van der Waals surface area contributed by atoms with Gasteiger partial charge in [-0.05, 0) is 66.5 Å². The van der Waals surface area contributed by atoms with E-state index in [2.05, 4.69) is 0 Å². The van der Waals surface area contributed by atoms with Crippen LogP contribution in [-0.4, -0.2) is 51.8 Å². The van der Waals surface area contributed by atoms with Gasteiger partial charge < -0.3 is 19.1 Å². The topological polar surface area (TPSA) is 87.1 Å². The maximum absolute atomic E-state index is 16.0. The third kappa shape index (κ3) is 5.22. The molecule has 2 aliphatic heterocycles. The first-order valence-electron chi connectivity index (χ1n) is 14.4. The highest BCUT2D eigenvalue weighted by Gasteiger charge is 2.36. The summed E-state index contributed by atoms with van der Waals surface area (Å²) < 4.78 is 51.3. The lowest BCUT2D eigenvalue weighted by Crippen LogP contribution is -2.36. The van der Waals surface area contributed by atoms with Crippen LogP contribution in [0.15, 0.2) is 36.4 Å². The molecule has 0 saturated carbocycles. The number of halogens is 1. The molecule has 3 aromatic rings. The van der Waals surface area contributed by atoms with E-state index < -0.39 is 54.2 Å². The maximum Gasteiger partial charge on any atom is 0.419 e. The van der Waals surface area contributed by atoms with Crippen molar-refractivity contribution in [3.63, 3.8) is 0 Å². The Labute approximate surface area is 235 Å². The second kappa shape index (κ2) is 10.0. The summed E-state index contributed by atoms with van der Waals surface area (Å²) in [5, 5.41) is 0.210. The van der Waals surface area contributed by atoms with Gasteiger partial charge in [0.1, 0.15) is 23.6 Å². The summed E-state index contributed by atoms with van der Waals surface area (Å²) in [4.78, 5) is 41.0. The molecule has 0 spiro atoms. The number of carbonyl (C=O) groups excluding carboxylic acids is 3. The summed E-state index contributed by atoms with van der Waals surface area (Å²) in [5.41, 5.74) is -0.738. The third-order valence-corrected chi connectivity index (χ3v) is 6.76. The summed E-state index contributed by atoms with van der Waals surface area (Å²) in [5.74, 6) is -1.08. The maximum atomic E-state index is 16.0. The van der Waals surface area contributed by atoms with Crippen LogP contribution in [0.25, 0.3) is 22.2 Å². The fourth-order valence-corrected chi connectivity index (χ4v) is 5.27. The average Bonchev–Trinajstić information content (AvgIpc) is 3.46. The van der Waals surface area contributed by atoms with Gasteiger partial charge in [-0.1, -0.05) is 24.3 Å². The molecule has 1 fully saturated rings. The lowest BCUT2D eigenvalue weighted by atomic mass is 9.98. The van der Waals surface area contributed by atoms with Gasteiger partial charge >= 0.3 is 12.2 Å². The molecule has 3 heterocycles. The monoisotopic (exact) mass is 552 g/mol. The van der Waals surface area contributed by atoms with E-state index in [0.29, 0.717) is 19.4 Å². The first-order valence-corrected chi connectivity index (χ1v) is 13.4. The molecule has 40 heavy (non-hydrogen) atoms. The van der Waals surface area contributed by atoms with Crippen molar-refractivity contribution in [3.05, 3.63) is 58.9 Å². The fourth-order valence-electron chi connectivity index (χ4n) is 5.27. The third-order valence-electron chi connectivity index (χ3n) is 6.76. The number of ether oxygens (including phenoxy) is 3. The number of hydrogen-bond donors (Lipinski definition) is 0. The van der Waals surface area contributed by atoms with E-state index in [0.717, 1.165) is 0 Å². The van der Waals surface area contributed by atoms with Crippen molar-refractivity contribution in [2.45, 2.75) is 78.2 Å². The van der Waals surface area contributed by atoms with Gasteiger partial charge in [-0.15, -0.1) is 0 Å². The SMILES string of the molecule is [2H]C1([2H])OCC(=O)c2cccc3c2c1c(-c1ccc([C@@H]2CCCN2C(=O)OC(C)(C)C)c(F)c1)n3C(=O)OC(C)(C)C. The number of hydrogen-bond acceptors (Lipinski definition) is 6. The van der Waals surface area contributed by atoms with Gasteiger partial charge in [0, 0.05) is 34.2 Å². The van der Waals surface area contributed by atoms with Crippen molar-refractivity contribution in [1.82, 2.24) is 9.47 Å².